The summed E-state index contributed by atoms with van der Waals surface area (Å²) in [5.41, 5.74) is -1.56. The molecular formula is C15H16BrF3N2O4S. The van der Waals surface area contributed by atoms with E-state index in [0.717, 1.165) is 12.1 Å². The van der Waals surface area contributed by atoms with Crippen LogP contribution in [0.25, 0.3) is 11.0 Å². The third-order valence-electron chi connectivity index (χ3n) is 4.14. The molecule has 1 atom stereocenters. The number of nitrogens with zero attached hydrogens (tertiary/aromatic N) is 2. The smallest absolute Gasteiger partial charge is 0.355 e. The molecular weight excluding hydrogens is 441 g/mol. The molecule has 1 fully saturated rings. The zero-order chi connectivity index (χ0) is 19.5. The fourth-order valence-electron chi connectivity index (χ4n) is 2.99. The number of aromatic nitrogens is 1. The molecule has 1 unspecified atom stereocenters. The fraction of sp³-hybridized carbons (Fsp3) is 0.533. The Morgan fingerprint density at radius 3 is 2.58 bits per heavy atom. The molecule has 6 nitrogen and oxygen atoms in total. The van der Waals surface area contributed by atoms with Gasteiger partial charge in [-0.15, -0.1) is 0 Å². The van der Waals surface area contributed by atoms with Gasteiger partial charge in [0.2, 0.25) is 0 Å². The molecule has 1 saturated heterocycles. The summed E-state index contributed by atoms with van der Waals surface area (Å²) < 4.78 is 69.8. The lowest BCUT2D eigenvalue weighted by molar-refractivity contribution is -0.168. The molecule has 144 valence electrons. The van der Waals surface area contributed by atoms with Crippen LogP contribution < -0.4 is 0 Å². The van der Waals surface area contributed by atoms with Gasteiger partial charge in [-0.2, -0.15) is 18.2 Å². The predicted octanol–water partition coefficient (Wildman–Crippen LogP) is 3.90. The van der Waals surface area contributed by atoms with Crippen molar-refractivity contribution in [1.29, 1.82) is 0 Å². The van der Waals surface area contributed by atoms with Crippen molar-refractivity contribution >= 4 is 36.7 Å². The van der Waals surface area contributed by atoms with E-state index in [0.29, 0.717) is 0 Å². The molecule has 0 amide bonds. The predicted molar refractivity (Wildman–Crippen MR) is 90.7 cm³/mol. The molecule has 1 aromatic carbocycles. The summed E-state index contributed by atoms with van der Waals surface area (Å²) in [4.78, 5) is 5.49. The first-order valence-electron chi connectivity index (χ1n) is 7.59. The number of benzene rings is 1. The zero-order valence-corrected chi connectivity index (χ0v) is 16.5. The first kappa shape index (κ1) is 19.6. The number of rotatable bonds is 3. The molecule has 0 aliphatic carbocycles. The van der Waals surface area contributed by atoms with E-state index in [4.69, 9.17) is 9.36 Å². The first-order chi connectivity index (χ1) is 11.8. The highest BCUT2D eigenvalue weighted by Crippen LogP contribution is 2.38. The van der Waals surface area contributed by atoms with Crippen LogP contribution in [0.3, 0.4) is 0 Å². The second-order valence-corrected chi connectivity index (χ2v) is 9.84. The molecule has 0 N–H and O–H groups in total. The zero-order valence-electron chi connectivity index (χ0n) is 14.1. The van der Waals surface area contributed by atoms with Crippen molar-refractivity contribution in [3.63, 3.8) is 0 Å². The lowest BCUT2D eigenvalue weighted by atomic mass is 10.1. The van der Waals surface area contributed by atoms with Gasteiger partial charge in [-0.3, -0.25) is 4.84 Å². The largest absolute Gasteiger partial charge is 0.416 e. The highest BCUT2D eigenvalue weighted by molar-refractivity contribution is 9.10. The van der Waals surface area contributed by atoms with Gasteiger partial charge >= 0.3 is 6.18 Å². The number of hydrogen-bond acceptors (Lipinski definition) is 6. The normalized spacial score (nSPS) is 21.6. The first-order valence-corrected chi connectivity index (χ1v) is 10.1. The Morgan fingerprint density at radius 2 is 2.04 bits per heavy atom. The average molecular weight is 457 g/mol. The van der Waals surface area contributed by atoms with Crippen molar-refractivity contribution < 1.29 is 30.9 Å². The summed E-state index contributed by atoms with van der Waals surface area (Å²) >= 11 is 3.01. The number of hydrogen-bond donors (Lipinski definition) is 0. The molecule has 1 aliphatic heterocycles. The molecule has 3 rings (SSSR count). The second kappa shape index (κ2) is 6.18. The van der Waals surface area contributed by atoms with E-state index in [9.17, 15) is 21.6 Å². The minimum absolute atomic E-state index is 0.0103. The van der Waals surface area contributed by atoms with Gasteiger partial charge in [0.25, 0.3) is 0 Å². The van der Waals surface area contributed by atoms with Gasteiger partial charge in [-0.1, -0.05) is 5.16 Å². The van der Waals surface area contributed by atoms with Crippen LogP contribution in [-0.2, 0) is 26.6 Å². The molecule has 0 saturated carbocycles. The quantitative estimate of drug-likeness (QED) is 0.697. The van der Waals surface area contributed by atoms with Crippen molar-refractivity contribution in [2.75, 3.05) is 7.05 Å². The van der Waals surface area contributed by atoms with Gasteiger partial charge in [0.15, 0.2) is 15.4 Å². The molecule has 0 bridgehead atoms. The van der Waals surface area contributed by atoms with Gasteiger partial charge in [0.1, 0.15) is 11.1 Å². The van der Waals surface area contributed by atoms with Crippen molar-refractivity contribution in [2.45, 2.75) is 43.2 Å². The van der Waals surface area contributed by atoms with E-state index in [1.54, 1.807) is 13.8 Å². The van der Waals surface area contributed by atoms with Crippen LogP contribution in [0.5, 0.6) is 0 Å². The van der Waals surface area contributed by atoms with Crippen LogP contribution in [0.2, 0.25) is 0 Å². The Balaban J connectivity index is 2.00. The summed E-state index contributed by atoms with van der Waals surface area (Å²) in [6.45, 7) is 3.52. The van der Waals surface area contributed by atoms with Crippen LogP contribution >= 0.6 is 15.9 Å². The van der Waals surface area contributed by atoms with Crippen LogP contribution in [0, 0.1) is 0 Å². The Kier molecular flexibility index (Phi) is 4.66. The van der Waals surface area contributed by atoms with Crippen molar-refractivity contribution in [3.8, 4) is 0 Å². The highest BCUT2D eigenvalue weighted by atomic mass is 79.9. The minimum atomic E-state index is -4.58. The van der Waals surface area contributed by atoms with Gasteiger partial charge < -0.3 is 4.52 Å². The molecule has 0 spiro atoms. The van der Waals surface area contributed by atoms with Crippen molar-refractivity contribution in [1.82, 2.24) is 10.2 Å². The van der Waals surface area contributed by atoms with Gasteiger partial charge in [0, 0.05) is 18.9 Å². The van der Waals surface area contributed by atoms with Crippen LogP contribution in [0.15, 0.2) is 21.1 Å². The Bertz CT molecular complexity index is 956. The van der Waals surface area contributed by atoms with Gasteiger partial charge in [0.05, 0.1) is 21.4 Å². The number of alkyl halides is 3. The molecule has 1 aromatic heterocycles. The Labute approximate surface area is 156 Å². The lowest BCUT2D eigenvalue weighted by Crippen LogP contribution is -2.33. The maximum absolute atomic E-state index is 13.0. The summed E-state index contributed by atoms with van der Waals surface area (Å²) in [6.07, 6.45) is -4.34. The summed E-state index contributed by atoms with van der Waals surface area (Å²) in [5.74, 6) is -0.553. The monoisotopic (exact) mass is 456 g/mol. The van der Waals surface area contributed by atoms with E-state index in [-0.39, 0.29) is 27.6 Å². The third-order valence-corrected chi connectivity index (χ3v) is 6.70. The summed E-state index contributed by atoms with van der Waals surface area (Å²) in [5, 5.41) is 4.04. The van der Waals surface area contributed by atoms with E-state index >= 15 is 0 Å². The number of sulfone groups is 1. The molecule has 2 heterocycles. The van der Waals surface area contributed by atoms with Crippen molar-refractivity contribution in [3.05, 3.63) is 27.9 Å². The topological polar surface area (TPSA) is 72.6 Å². The van der Waals surface area contributed by atoms with E-state index in [2.05, 4.69) is 21.1 Å². The Hall–Kier alpha value is -1.17. The third kappa shape index (κ3) is 3.62. The highest BCUT2D eigenvalue weighted by Gasteiger charge is 2.44. The van der Waals surface area contributed by atoms with Crippen LogP contribution in [0.4, 0.5) is 13.2 Å². The lowest BCUT2D eigenvalue weighted by Gasteiger charge is -2.18. The molecule has 11 heteroatoms. The van der Waals surface area contributed by atoms with Crippen LogP contribution in [0.1, 0.15) is 31.5 Å². The molecule has 0 radical (unpaired) electrons. The van der Waals surface area contributed by atoms with Gasteiger partial charge in [-0.25, -0.2) is 8.42 Å². The summed E-state index contributed by atoms with van der Waals surface area (Å²) in [7, 11) is -2.26. The maximum atomic E-state index is 13.0. The minimum Gasteiger partial charge on any atom is -0.355 e. The van der Waals surface area contributed by atoms with E-state index < -0.39 is 38.3 Å². The fourth-order valence-corrected chi connectivity index (χ4v) is 5.46. The Morgan fingerprint density at radius 1 is 1.38 bits per heavy atom. The average Bonchev–Trinajstić information content (AvgIpc) is 2.98. The van der Waals surface area contributed by atoms with Crippen LogP contribution in [-0.4, -0.2) is 36.7 Å². The number of hydroxylamine groups is 2. The summed E-state index contributed by atoms with van der Waals surface area (Å²) in [6, 6.07) is 1.72. The molecule has 2 aromatic rings. The SMILES string of the molecule is CN1OC(C)(C)CC1S(=O)(=O)Cc1noc2c(Br)cc(C(F)(F)F)cc12. The second-order valence-electron chi connectivity index (χ2n) is 6.82. The molecule has 1 aliphatic rings. The maximum Gasteiger partial charge on any atom is 0.416 e. The molecule has 26 heavy (non-hydrogen) atoms. The number of fused-ring (bicyclic) bond motifs is 1. The van der Waals surface area contributed by atoms with Gasteiger partial charge in [-0.05, 0) is 41.9 Å². The van der Waals surface area contributed by atoms with E-state index in [1.807, 2.05) is 0 Å². The van der Waals surface area contributed by atoms with E-state index in [1.165, 1.54) is 12.1 Å². The standard InChI is InChI=1S/C15H16BrF3N2O4S/c1-14(2)6-12(21(3)25-14)26(22,23)7-11-9-4-8(15(17,18)19)5-10(16)13(9)24-20-11/h4-5,12H,6-7H2,1-3H3. The number of halogens is 4. The van der Waals surface area contributed by atoms with Crippen molar-refractivity contribution in [2.24, 2.45) is 0 Å².